The van der Waals surface area contributed by atoms with E-state index in [2.05, 4.69) is 21.9 Å². The maximum Gasteiger partial charge on any atom is 0.259 e. The molecule has 0 saturated carbocycles. The van der Waals surface area contributed by atoms with E-state index in [1.54, 1.807) is 20.3 Å². The van der Waals surface area contributed by atoms with E-state index in [-0.39, 0.29) is 12.5 Å². The third-order valence-electron chi connectivity index (χ3n) is 4.35. The maximum absolute atomic E-state index is 12.1. The molecule has 0 fully saturated rings. The highest BCUT2D eigenvalue weighted by Gasteiger charge is 2.07. The first-order valence-electron chi connectivity index (χ1n) is 8.89. The molecule has 144 valence electrons. The van der Waals surface area contributed by atoms with Gasteiger partial charge < -0.3 is 14.8 Å². The van der Waals surface area contributed by atoms with Crippen LogP contribution < -0.4 is 20.2 Å². The van der Waals surface area contributed by atoms with Crippen molar-refractivity contribution in [2.75, 3.05) is 26.1 Å². The molecule has 2 N–H and O–H groups in total. The van der Waals surface area contributed by atoms with Crippen molar-refractivity contribution >= 4 is 28.1 Å². The van der Waals surface area contributed by atoms with Gasteiger partial charge in [0.2, 0.25) is 0 Å². The molecule has 6 heteroatoms. The molecule has 0 unspecified atom stereocenters. The van der Waals surface area contributed by atoms with Gasteiger partial charge in [0.1, 0.15) is 0 Å². The Morgan fingerprint density at radius 1 is 0.929 bits per heavy atom. The third kappa shape index (κ3) is 4.59. The summed E-state index contributed by atoms with van der Waals surface area (Å²) in [6.45, 7) is 1.94. The van der Waals surface area contributed by atoms with Crippen molar-refractivity contribution in [1.29, 1.82) is 0 Å². The summed E-state index contributed by atoms with van der Waals surface area (Å²) in [5, 5.41) is 9.56. The zero-order valence-electron chi connectivity index (χ0n) is 16.2. The number of ether oxygens (including phenoxy) is 2. The van der Waals surface area contributed by atoms with Crippen molar-refractivity contribution in [2.45, 2.75) is 6.92 Å². The number of carbonyl (C=O) groups excluding carboxylic acids is 1. The van der Waals surface area contributed by atoms with Crippen molar-refractivity contribution in [3.63, 3.8) is 0 Å². The van der Waals surface area contributed by atoms with Crippen LogP contribution in [-0.4, -0.2) is 32.4 Å². The third-order valence-corrected chi connectivity index (χ3v) is 4.35. The number of anilines is 1. The fourth-order valence-electron chi connectivity index (χ4n) is 2.79. The molecule has 6 nitrogen and oxygen atoms in total. The lowest BCUT2D eigenvalue weighted by Gasteiger charge is -2.10. The Bertz CT molecular complexity index is 1010. The molecule has 0 aliphatic rings. The number of nitrogens with one attached hydrogen (secondary N) is 2. The fourth-order valence-corrected chi connectivity index (χ4v) is 2.79. The molecule has 0 bridgehead atoms. The minimum Gasteiger partial charge on any atom is -0.493 e. The van der Waals surface area contributed by atoms with Crippen LogP contribution in [0.4, 0.5) is 5.69 Å². The minimum atomic E-state index is -0.229. The molecule has 0 aliphatic carbocycles. The molecule has 0 aromatic heterocycles. The number of rotatable bonds is 7. The predicted octanol–water partition coefficient (Wildman–Crippen LogP) is 3.81. The van der Waals surface area contributed by atoms with Crippen LogP contribution in [0.5, 0.6) is 11.5 Å². The SMILES string of the molecule is COc1ccc(C(C)=NNC(=O)CNc2ccc3ccccc3c2)cc1OC. The average Bonchev–Trinajstić information content (AvgIpc) is 2.75. The van der Waals surface area contributed by atoms with Gasteiger partial charge in [-0.1, -0.05) is 30.3 Å². The Morgan fingerprint density at radius 3 is 2.43 bits per heavy atom. The Labute approximate surface area is 164 Å². The number of fused-ring (bicyclic) bond motifs is 1. The van der Waals surface area contributed by atoms with E-state index in [1.807, 2.05) is 55.5 Å². The average molecular weight is 377 g/mol. The second-order valence-corrected chi connectivity index (χ2v) is 6.22. The number of hydrogen-bond acceptors (Lipinski definition) is 5. The summed E-state index contributed by atoms with van der Waals surface area (Å²) in [7, 11) is 3.16. The Morgan fingerprint density at radius 2 is 1.68 bits per heavy atom. The van der Waals surface area contributed by atoms with Crippen LogP contribution >= 0.6 is 0 Å². The quantitative estimate of drug-likeness (QED) is 0.485. The number of methoxy groups -OCH3 is 2. The molecule has 0 aliphatic heterocycles. The Kier molecular flexibility index (Phi) is 6.11. The molecular weight excluding hydrogens is 354 g/mol. The van der Waals surface area contributed by atoms with E-state index in [0.717, 1.165) is 22.0 Å². The lowest BCUT2D eigenvalue weighted by atomic mass is 10.1. The van der Waals surface area contributed by atoms with Crippen molar-refractivity contribution in [1.82, 2.24) is 5.43 Å². The van der Waals surface area contributed by atoms with Gasteiger partial charge >= 0.3 is 0 Å². The largest absolute Gasteiger partial charge is 0.493 e. The zero-order chi connectivity index (χ0) is 19.9. The first kappa shape index (κ1) is 19.2. The van der Waals surface area contributed by atoms with Crippen LogP contribution in [0.25, 0.3) is 10.8 Å². The van der Waals surface area contributed by atoms with E-state index in [4.69, 9.17) is 9.47 Å². The van der Waals surface area contributed by atoms with Crippen LogP contribution in [0.1, 0.15) is 12.5 Å². The van der Waals surface area contributed by atoms with Gasteiger partial charge in [-0.3, -0.25) is 4.79 Å². The highest BCUT2D eigenvalue weighted by Crippen LogP contribution is 2.27. The summed E-state index contributed by atoms with van der Waals surface area (Å²) < 4.78 is 10.5. The maximum atomic E-state index is 12.1. The van der Waals surface area contributed by atoms with E-state index in [1.165, 1.54) is 0 Å². The number of benzene rings is 3. The lowest BCUT2D eigenvalue weighted by Crippen LogP contribution is -2.26. The molecule has 28 heavy (non-hydrogen) atoms. The number of amides is 1. The number of carbonyl (C=O) groups is 1. The van der Waals surface area contributed by atoms with Crippen molar-refractivity contribution < 1.29 is 14.3 Å². The number of hydrazone groups is 1. The second-order valence-electron chi connectivity index (χ2n) is 6.22. The Balaban J connectivity index is 1.59. The predicted molar refractivity (Wildman–Crippen MR) is 112 cm³/mol. The van der Waals surface area contributed by atoms with Gasteiger partial charge in [0.05, 0.1) is 26.5 Å². The number of nitrogens with zero attached hydrogens (tertiary/aromatic N) is 1. The first-order chi connectivity index (χ1) is 13.6. The van der Waals surface area contributed by atoms with Gasteiger partial charge in [0.25, 0.3) is 5.91 Å². The van der Waals surface area contributed by atoms with Crippen molar-refractivity contribution in [2.24, 2.45) is 5.10 Å². The smallest absolute Gasteiger partial charge is 0.259 e. The van der Waals surface area contributed by atoms with E-state index >= 15 is 0 Å². The first-order valence-corrected chi connectivity index (χ1v) is 8.89. The summed E-state index contributed by atoms with van der Waals surface area (Å²) >= 11 is 0. The summed E-state index contributed by atoms with van der Waals surface area (Å²) in [6, 6.07) is 19.6. The second kappa shape index (κ2) is 8.90. The fraction of sp³-hybridized carbons (Fsp3) is 0.182. The summed E-state index contributed by atoms with van der Waals surface area (Å²) in [5.74, 6) is 1.02. The summed E-state index contributed by atoms with van der Waals surface area (Å²) in [6.07, 6.45) is 0. The van der Waals surface area contributed by atoms with E-state index in [0.29, 0.717) is 17.2 Å². The molecular formula is C22H23N3O3. The van der Waals surface area contributed by atoms with Gasteiger partial charge in [-0.05, 0) is 48.0 Å². The highest BCUT2D eigenvalue weighted by atomic mass is 16.5. The lowest BCUT2D eigenvalue weighted by molar-refractivity contribution is -0.119. The number of hydrogen-bond donors (Lipinski definition) is 2. The van der Waals surface area contributed by atoms with Gasteiger partial charge in [0.15, 0.2) is 11.5 Å². The molecule has 1 amide bonds. The Hall–Kier alpha value is -3.54. The van der Waals surface area contributed by atoms with Gasteiger partial charge in [-0.25, -0.2) is 5.43 Å². The molecule has 0 atom stereocenters. The topological polar surface area (TPSA) is 72.0 Å². The molecule has 0 radical (unpaired) electrons. The van der Waals surface area contributed by atoms with Crippen molar-refractivity contribution in [3.8, 4) is 11.5 Å². The normalized spacial score (nSPS) is 11.2. The molecule has 0 heterocycles. The zero-order valence-corrected chi connectivity index (χ0v) is 16.2. The molecule has 0 saturated heterocycles. The van der Waals surface area contributed by atoms with Crippen LogP contribution in [-0.2, 0) is 4.79 Å². The molecule has 3 rings (SSSR count). The van der Waals surface area contributed by atoms with Gasteiger partial charge in [-0.15, -0.1) is 0 Å². The van der Waals surface area contributed by atoms with Gasteiger partial charge in [0, 0.05) is 11.3 Å². The molecule has 0 spiro atoms. The summed E-state index contributed by atoms with van der Waals surface area (Å²) in [4.78, 5) is 12.1. The van der Waals surface area contributed by atoms with Crippen molar-refractivity contribution in [3.05, 3.63) is 66.2 Å². The minimum absolute atomic E-state index is 0.126. The van der Waals surface area contributed by atoms with Crippen LogP contribution in [0.3, 0.4) is 0 Å². The molecule has 3 aromatic rings. The van der Waals surface area contributed by atoms with Crippen LogP contribution in [0, 0.1) is 0 Å². The standard InChI is InChI=1S/C22H23N3O3/c1-15(17-9-11-20(27-2)21(13-17)28-3)24-25-22(26)14-23-19-10-8-16-6-4-5-7-18(16)12-19/h4-13,23H,14H2,1-3H3,(H,25,26). The highest BCUT2D eigenvalue weighted by molar-refractivity contribution is 6.00. The van der Waals surface area contributed by atoms with Crippen LogP contribution in [0.15, 0.2) is 65.8 Å². The van der Waals surface area contributed by atoms with E-state index in [9.17, 15) is 4.79 Å². The monoisotopic (exact) mass is 377 g/mol. The van der Waals surface area contributed by atoms with Gasteiger partial charge in [-0.2, -0.15) is 5.10 Å². The summed E-state index contributed by atoms with van der Waals surface area (Å²) in [5.41, 5.74) is 4.95. The molecule has 3 aromatic carbocycles. The van der Waals surface area contributed by atoms with E-state index < -0.39 is 0 Å². The van der Waals surface area contributed by atoms with Crippen LogP contribution in [0.2, 0.25) is 0 Å².